The summed E-state index contributed by atoms with van der Waals surface area (Å²) in [5.41, 5.74) is 5.79. The molecule has 0 saturated carbocycles. The van der Waals surface area contributed by atoms with Gasteiger partial charge in [-0.05, 0) is 22.0 Å². The van der Waals surface area contributed by atoms with Crippen LogP contribution in [0.5, 0.6) is 0 Å². The number of halogens is 1. The molecule has 0 aliphatic carbocycles. The Kier molecular flexibility index (Phi) is 2.29. The molecule has 0 saturated heterocycles. The third-order valence-electron chi connectivity index (χ3n) is 2.02. The van der Waals surface area contributed by atoms with Crippen molar-refractivity contribution in [2.45, 2.75) is 6.54 Å². The zero-order valence-electron chi connectivity index (χ0n) is 7.55. The molecule has 0 spiro atoms. The summed E-state index contributed by atoms with van der Waals surface area (Å²) in [5, 5.41) is 11.1. The van der Waals surface area contributed by atoms with E-state index in [1.54, 1.807) is 18.2 Å². The van der Waals surface area contributed by atoms with Gasteiger partial charge < -0.3 is 15.8 Å². The van der Waals surface area contributed by atoms with E-state index in [9.17, 15) is 10.1 Å². The second-order valence-corrected chi connectivity index (χ2v) is 3.27. The van der Waals surface area contributed by atoms with Crippen LogP contribution in [0.2, 0.25) is 5.15 Å². The number of hydrogen-bond donors (Lipinski definition) is 1. The fraction of sp³-hybridized carbons (Fsp3) is 0.125. The molecule has 0 amide bonds. The Morgan fingerprint density at radius 1 is 1.60 bits per heavy atom. The lowest BCUT2D eigenvalue weighted by Crippen LogP contribution is -2.02. The van der Waals surface area contributed by atoms with Crippen molar-refractivity contribution >= 4 is 22.9 Å². The largest absolute Gasteiger partial charge is 0.389 e. The molecule has 78 valence electrons. The number of imidazole rings is 1. The van der Waals surface area contributed by atoms with Gasteiger partial charge in [0.25, 0.3) is 0 Å². The van der Waals surface area contributed by atoms with Gasteiger partial charge in [0.15, 0.2) is 0 Å². The van der Waals surface area contributed by atoms with Gasteiger partial charge in [0.2, 0.25) is 5.82 Å². The first-order chi connectivity index (χ1) is 7.15. The second kappa shape index (κ2) is 3.48. The van der Waals surface area contributed by atoms with Crippen LogP contribution in [0.4, 0.5) is 5.82 Å². The van der Waals surface area contributed by atoms with E-state index < -0.39 is 4.92 Å². The van der Waals surface area contributed by atoms with Crippen LogP contribution in [-0.4, -0.2) is 14.3 Å². The van der Waals surface area contributed by atoms with Crippen molar-refractivity contribution in [3.8, 4) is 0 Å². The predicted octanol–water partition coefficient (Wildman–Crippen LogP) is 1.35. The summed E-state index contributed by atoms with van der Waals surface area (Å²) in [5.74, 6) is 0.153. The topological polar surface area (TPSA) is 86.5 Å². The number of hydrogen-bond acceptors (Lipinski definition) is 4. The molecule has 0 bridgehead atoms. The third kappa shape index (κ3) is 1.43. The molecule has 2 heterocycles. The van der Waals surface area contributed by atoms with Crippen molar-refractivity contribution in [3.63, 3.8) is 0 Å². The lowest BCUT2D eigenvalue weighted by molar-refractivity contribution is -0.387. The molecular weight excluding hydrogens is 220 g/mol. The van der Waals surface area contributed by atoms with Crippen LogP contribution >= 0.6 is 11.6 Å². The average molecular weight is 227 g/mol. The lowest BCUT2D eigenvalue weighted by atomic mass is 10.4. The summed E-state index contributed by atoms with van der Waals surface area (Å²) in [7, 11) is 0. The molecule has 0 unspecified atom stereocenters. The molecule has 0 aromatic carbocycles. The van der Waals surface area contributed by atoms with Gasteiger partial charge in [0.1, 0.15) is 10.7 Å². The highest BCUT2D eigenvalue weighted by molar-refractivity contribution is 6.29. The Morgan fingerprint density at radius 3 is 2.93 bits per heavy atom. The fourth-order valence-electron chi connectivity index (χ4n) is 1.42. The number of rotatable bonds is 2. The van der Waals surface area contributed by atoms with Gasteiger partial charge in [-0.3, -0.25) is 4.40 Å². The van der Waals surface area contributed by atoms with Gasteiger partial charge in [-0.15, -0.1) is 0 Å². The monoisotopic (exact) mass is 226 g/mol. The Hall–Kier alpha value is -1.66. The Balaban J connectivity index is 2.87. The summed E-state index contributed by atoms with van der Waals surface area (Å²) in [6.45, 7) is 0.0960. The standard InChI is InChI=1S/C8H7ClN4O2/c9-6-3-1-2-5-8(13(14)15)11-7(4-10)12(5)6/h1-3H,4,10H2. The van der Waals surface area contributed by atoms with Gasteiger partial charge in [-0.1, -0.05) is 17.7 Å². The smallest absolute Gasteiger partial charge is 0.358 e. The van der Waals surface area contributed by atoms with E-state index in [1.165, 1.54) is 4.40 Å². The Bertz CT molecular complexity index is 537. The van der Waals surface area contributed by atoms with Gasteiger partial charge in [-0.2, -0.15) is 0 Å². The lowest BCUT2D eigenvalue weighted by Gasteiger charge is -1.97. The number of aromatic nitrogens is 2. The molecule has 7 heteroatoms. The second-order valence-electron chi connectivity index (χ2n) is 2.88. The maximum atomic E-state index is 10.7. The van der Waals surface area contributed by atoms with Crippen LogP contribution in [0.1, 0.15) is 5.82 Å². The minimum atomic E-state index is -0.551. The first kappa shape index (κ1) is 9.88. The minimum absolute atomic E-state index is 0.0960. The highest BCUT2D eigenvalue weighted by Gasteiger charge is 2.22. The molecule has 0 aliphatic heterocycles. The predicted molar refractivity (Wildman–Crippen MR) is 54.7 cm³/mol. The summed E-state index contributed by atoms with van der Waals surface area (Å²) < 4.78 is 1.47. The molecule has 15 heavy (non-hydrogen) atoms. The van der Waals surface area contributed by atoms with E-state index in [1.807, 2.05) is 0 Å². The molecule has 2 N–H and O–H groups in total. The molecule has 2 aromatic rings. The van der Waals surface area contributed by atoms with E-state index in [0.717, 1.165) is 0 Å². The van der Waals surface area contributed by atoms with Crippen LogP contribution in [0.3, 0.4) is 0 Å². The quantitative estimate of drug-likeness (QED) is 0.476. The summed E-state index contributed by atoms with van der Waals surface area (Å²) in [6, 6.07) is 4.84. The molecule has 0 radical (unpaired) electrons. The molecule has 0 fully saturated rings. The zero-order valence-corrected chi connectivity index (χ0v) is 8.31. The van der Waals surface area contributed by atoms with Gasteiger partial charge >= 0.3 is 5.82 Å². The van der Waals surface area contributed by atoms with Gasteiger partial charge in [0, 0.05) is 0 Å². The van der Waals surface area contributed by atoms with Crippen molar-refractivity contribution in [1.29, 1.82) is 0 Å². The van der Waals surface area contributed by atoms with Crippen molar-refractivity contribution in [2.24, 2.45) is 5.73 Å². The first-order valence-electron chi connectivity index (χ1n) is 4.15. The highest BCUT2D eigenvalue weighted by atomic mass is 35.5. The molecular formula is C8H7ClN4O2. The summed E-state index contributed by atoms with van der Waals surface area (Å²) >= 11 is 5.90. The van der Waals surface area contributed by atoms with E-state index >= 15 is 0 Å². The van der Waals surface area contributed by atoms with E-state index in [2.05, 4.69) is 4.98 Å². The Labute approximate surface area is 89.4 Å². The fourth-order valence-corrected chi connectivity index (χ4v) is 1.68. The van der Waals surface area contributed by atoms with Crippen molar-refractivity contribution in [3.05, 3.63) is 39.3 Å². The number of fused-ring (bicyclic) bond motifs is 1. The number of nitro groups is 1. The van der Waals surface area contributed by atoms with Crippen LogP contribution in [-0.2, 0) is 6.54 Å². The van der Waals surface area contributed by atoms with Crippen molar-refractivity contribution in [1.82, 2.24) is 9.38 Å². The van der Waals surface area contributed by atoms with E-state index in [-0.39, 0.29) is 12.4 Å². The highest BCUT2D eigenvalue weighted by Crippen LogP contribution is 2.23. The van der Waals surface area contributed by atoms with Crippen LogP contribution < -0.4 is 5.73 Å². The average Bonchev–Trinajstić information content (AvgIpc) is 2.58. The zero-order chi connectivity index (χ0) is 11.0. The van der Waals surface area contributed by atoms with Crippen LogP contribution in [0, 0.1) is 10.1 Å². The summed E-state index contributed by atoms with van der Waals surface area (Å²) in [4.78, 5) is 14.0. The van der Waals surface area contributed by atoms with E-state index in [4.69, 9.17) is 17.3 Å². The molecule has 2 aromatic heterocycles. The number of nitrogens with zero attached hydrogens (tertiary/aromatic N) is 3. The maximum Gasteiger partial charge on any atom is 0.389 e. The maximum absolute atomic E-state index is 10.7. The number of pyridine rings is 1. The van der Waals surface area contributed by atoms with Crippen molar-refractivity contribution < 1.29 is 4.92 Å². The molecule has 6 nitrogen and oxygen atoms in total. The van der Waals surface area contributed by atoms with Gasteiger partial charge in [-0.25, -0.2) is 0 Å². The normalized spacial score (nSPS) is 10.8. The van der Waals surface area contributed by atoms with Crippen LogP contribution in [0.25, 0.3) is 5.52 Å². The minimum Gasteiger partial charge on any atom is -0.358 e. The third-order valence-corrected chi connectivity index (χ3v) is 2.32. The van der Waals surface area contributed by atoms with Gasteiger partial charge in [0.05, 0.1) is 6.54 Å². The summed E-state index contributed by atoms with van der Waals surface area (Å²) in [6.07, 6.45) is 0. The van der Waals surface area contributed by atoms with Crippen molar-refractivity contribution in [2.75, 3.05) is 0 Å². The molecule has 2 rings (SSSR count). The first-order valence-corrected chi connectivity index (χ1v) is 4.53. The Morgan fingerprint density at radius 2 is 2.33 bits per heavy atom. The van der Waals surface area contributed by atoms with Crippen LogP contribution in [0.15, 0.2) is 18.2 Å². The molecule has 0 atom stereocenters. The van der Waals surface area contributed by atoms with E-state index in [0.29, 0.717) is 16.5 Å². The SMILES string of the molecule is NCc1nc([N+](=O)[O-])c2cccc(Cl)n12. The molecule has 0 aliphatic rings. The number of nitrogens with two attached hydrogens (primary N) is 1.